The van der Waals surface area contributed by atoms with Gasteiger partial charge in [0.25, 0.3) is 0 Å². The van der Waals surface area contributed by atoms with Crippen molar-refractivity contribution in [3.63, 3.8) is 0 Å². The summed E-state index contributed by atoms with van der Waals surface area (Å²) < 4.78 is 88.4. The second-order valence-corrected chi connectivity index (χ2v) is 13.3. The van der Waals surface area contributed by atoms with Gasteiger partial charge in [0.15, 0.2) is 0 Å². The van der Waals surface area contributed by atoms with E-state index in [1.807, 2.05) is 36.4 Å². The van der Waals surface area contributed by atoms with E-state index in [9.17, 15) is 26.3 Å². The molecule has 2 nitrogen and oxygen atoms in total. The molecule has 48 heavy (non-hydrogen) atoms. The zero-order chi connectivity index (χ0) is 34.1. The zero-order valence-corrected chi connectivity index (χ0v) is 27.8. The summed E-state index contributed by atoms with van der Waals surface area (Å²) in [6, 6.07) is 17.4. The van der Waals surface area contributed by atoms with Crippen molar-refractivity contribution in [1.29, 1.82) is 0 Å². The first kappa shape index (κ1) is 34.2. The fraction of sp³-hybridized carbons (Fsp3) is 0.450. The maximum Gasteiger partial charge on any atom is 0.431 e. The predicted molar refractivity (Wildman–Crippen MR) is 187 cm³/mol. The van der Waals surface area contributed by atoms with Crippen molar-refractivity contribution in [2.75, 3.05) is 0 Å². The van der Waals surface area contributed by atoms with Crippen molar-refractivity contribution in [3.05, 3.63) is 72.1 Å². The summed E-state index contributed by atoms with van der Waals surface area (Å²) in [5, 5.41) is 5.96. The minimum absolute atomic E-state index is 0.308. The Labute approximate surface area is 277 Å². The van der Waals surface area contributed by atoms with Gasteiger partial charge < -0.3 is 9.13 Å². The second-order valence-electron chi connectivity index (χ2n) is 13.3. The Hall–Kier alpha value is -3.68. The molecule has 6 rings (SSSR count). The van der Waals surface area contributed by atoms with Crippen LogP contribution in [0.1, 0.15) is 102 Å². The van der Waals surface area contributed by atoms with Gasteiger partial charge in [-0.3, -0.25) is 0 Å². The Balaban J connectivity index is 1.41. The first-order valence-corrected chi connectivity index (χ1v) is 17.6. The second kappa shape index (κ2) is 14.0. The lowest BCUT2D eigenvalue weighted by atomic mass is 9.94. The normalized spacial score (nSPS) is 12.9. The van der Waals surface area contributed by atoms with Crippen molar-refractivity contribution >= 4 is 54.1 Å². The lowest BCUT2D eigenvalue weighted by Gasteiger charge is -2.14. The third-order valence-electron chi connectivity index (χ3n) is 10.0. The van der Waals surface area contributed by atoms with Crippen molar-refractivity contribution in [3.8, 4) is 0 Å². The molecule has 0 atom stereocenters. The van der Waals surface area contributed by atoms with Gasteiger partial charge in [-0.05, 0) is 69.4 Å². The predicted octanol–water partition coefficient (Wildman–Crippen LogP) is 13.8. The maximum atomic E-state index is 14.3. The summed E-state index contributed by atoms with van der Waals surface area (Å²) in [5.74, 6) is 0. The molecule has 0 spiro atoms. The molecule has 4 aromatic carbocycles. The molecule has 0 N–H and O–H groups in total. The van der Waals surface area contributed by atoms with Crippen molar-refractivity contribution < 1.29 is 26.3 Å². The van der Waals surface area contributed by atoms with Crippen molar-refractivity contribution in [2.24, 2.45) is 0 Å². The van der Waals surface area contributed by atoms with Crippen LogP contribution in [0.15, 0.2) is 60.7 Å². The molecule has 0 fully saturated rings. The molecule has 0 aliphatic heterocycles. The monoisotopic (exact) mass is 666 g/mol. The van der Waals surface area contributed by atoms with E-state index in [1.165, 1.54) is 21.3 Å². The first-order valence-electron chi connectivity index (χ1n) is 17.6. The summed E-state index contributed by atoms with van der Waals surface area (Å²) in [5.41, 5.74) is -0.135. The third kappa shape index (κ3) is 6.64. The number of hydrogen-bond donors (Lipinski definition) is 0. The Bertz CT molecular complexity index is 1900. The molecule has 0 bridgehead atoms. The SMILES string of the molecule is CCCCCCCCn1c(C(F)(F)F)cc2c3ccc4c(ccc5c4ccc4c5cc(C(F)(F)F)n4CCCCCCCC)c3ccc21. The largest absolute Gasteiger partial charge is 0.431 e. The average Bonchev–Trinajstić information content (AvgIpc) is 3.63. The quantitative estimate of drug-likeness (QED) is 0.0622. The van der Waals surface area contributed by atoms with E-state index < -0.39 is 23.7 Å². The first-order chi connectivity index (χ1) is 23.0. The molecule has 2 aromatic heterocycles. The number of benzene rings is 4. The Morgan fingerprint density at radius 1 is 0.396 bits per heavy atom. The average molecular weight is 667 g/mol. The van der Waals surface area contributed by atoms with Crippen LogP contribution in [0.4, 0.5) is 26.3 Å². The lowest BCUT2D eigenvalue weighted by molar-refractivity contribution is -0.144. The van der Waals surface area contributed by atoms with Crippen LogP contribution in [0.5, 0.6) is 0 Å². The van der Waals surface area contributed by atoms with Crippen molar-refractivity contribution in [1.82, 2.24) is 9.13 Å². The third-order valence-corrected chi connectivity index (χ3v) is 10.0. The van der Waals surface area contributed by atoms with Gasteiger partial charge in [0.1, 0.15) is 11.4 Å². The summed E-state index contributed by atoms with van der Waals surface area (Å²) in [6.07, 6.45) is 2.94. The number of fused-ring (bicyclic) bond motifs is 9. The minimum Gasteiger partial charge on any atom is -0.337 e. The van der Waals surface area contributed by atoms with Gasteiger partial charge in [0, 0.05) is 34.9 Å². The van der Waals surface area contributed by atoms with Gasteiger partial charge in [-0.25, -0.2) is 0 Å². The number of aromatic nitrogens is 2. The standard InChI is InChI=1S/C40H44F6N2/c1-3-5-7-9-11-13-23-47-35-21-19-29-27-16-18-32-30(28(27)15-17-31(29)33(35)25-37(47)39(41,42)43)20-22-36-34(32)26-38(40(44,45)46)48(36)24-14-12-10-8-6-4-2/h15-22,25-26H,3-14,23-24H2,1-2H3. The van der Waals surface area contributed by atoms with Crippen LogP contribution in [0, 0.1) is 0 Å². The number of alkyl halides is 6. The minimum atomic E-state index is -4.48. The highest BCUT2D eigenvalue weighted by atomic mass is 19.4. The molecule has 0 radical (unpaired) electrons. The molecule has 0 saturated heterocycles. The topological polar surface area (TPSA) is 9.86 Å². The Morgan fingerprint density at radius 3 is 1.02 bits per heavy atom. The molecular weight excluding hydrogens is 622 g/mol. The van der Waals surface area contributed by atoms with Crippen LogP contribution in [-0.2, 0) is 25.4 Å². The molecular formula is C40H44F6N2. The molecule has 0 unspecified atom stereocenters. The number of rotatable bonds is 14. The Morgan fingerprint density at radius 2 is 0.688 bits per heavy atom. The van der Waals surface area contributed by atoms with E-state index in [0.717, 1.165) is 96.5 Å². The van der Waals surface area contributed by atoms with Gasteiger partial charge in [-0.1, -0.05) is 114 Å². The highest BCUT2D eigenvalue weighted by molar-refractivity contribution is 6.24. The Kier molecular flexibility index (Phi) is 10.0. The van der Waals surface area contributed by atoms with Gasteiger partial charge in [0.05, 0.1) is 0 Å². The number of halogens is 6. The van der Waals surface area contributed by atoms with Crippen LogP contribution in [-0.4, -0.2) is 9.13 Å². The molecule has 8 heteroatoms. The van der Waals surface area contributed by atoms with Crippen LogP contribution in [0.2, 0.25) is 0 Å². The maximum absolute atomic E-state index is 14.3. The van der Waals surface area contributed by atoms with E-state index >= 15 is 0 Å². The molecule has 6 aromatic rings. The van der Waals surface area contributed by atoms with Crippen molar-refractivity contribution in [2.45, 2.75) is 116 Å². The number of hydrogen-bond acceptors (Lipinski definition) is 0. The molecule has 256 valence electrons. The smallest absolute Gasteiger partial charge is 0.337 e. The molecule has 0 amide bonds. The summed E-state index contributed by atoms with van der Waals surface area (Å²) >= 11 is 0. The van der Waals surface area contributed by atoms with E-state index in [1.54, 1.807) is 12.1 Å². The molecule has 0 saturated carbocycles. The summed E-state index contributed by atoms with van der Waals surface area (Å²) in [7, 11) is 0. The summed E-state index contributed by atoms with van der Waals surface area (Å²) in [6.45, 7) is 4.89. The van der Waals surface area contributed by atoms with Gasteiger partial charge in [-0.2, -0.15) is 26.3 Å². The van der Waals surface area contributed by atoms with E-state index in [2.05, 4.69) is 13.8 Å². The van der Waals surface area contributed by atoms with E-state index in [4.69, 9.17) is 0 Å². The number of unbranched alkanes of at least 4 members (excludes halogenated alkanes) is 10. The van der Waals surface area contributed by atoms with E-state index in [-0.39, 0.29) is 0 Å². The highest BCUT2D eigenvalue weighted by Gasteiger charge is 2.36. The van der Waals surface area contributed by atoms with Gasteiger partial charge >= 0.3 is 12.4 Å². The van der Waals surface area contributed by atoms with Crippen LogP contribution >= 0.6 is 0 Å². The van der Waals surface area contributed by atoms with Crippen LogP contribution < -0.4 is 0 Å². The lowest BCUT2D eigenvalue weighted by Crippen LogP contribution is -2.13. The van der Waals surface area contributed by atoms with Gasteiger partial charge in [0.2, 0.25) is 0 Å². The molecule has 2 heterocycles. The fourth-order valence-electron chi connectivity index (χ4n) is 7.58. The van der Waals surface area contributed by atoms with Crippen LogP contribution in [0.3, 0.4) is 0 Å². The summed E-state index contributed by atoms with van der Waals surface area (Å²) in [4.78, 5) is 0. The highest BCUT2D eigenvalue weighted by Crippen LogP contribution is 2.42. The van der Waals surface area contributed by atoms with E-state index in [0.29, 0.717) is 47.7 Å². The molecule has 0 aliphatic rings. The molecule has 0 aliphatic carbocycles. The van der Waals surface area contributed by atoms with Crippen LogP contribution in [0.25, 0.3) is 54.1 Å². The van der Waals surface area contributed by atoms with Gasteiger partial charge in [-0.15, -0.1) is 0 Å². The number of aryl methyl sites for hydroxylation is 2. The fourth-order valence-corrected chi connectivity index (χ4v) is 7.58. The number of nitrogens with zero attached hydrogens (tertiary/aromatic N) is 2. The zero-order valence-electron chi connectivity index (χ0n) is 27.8.